The Hall–Kier alpha value is -1.00. The number of hydrogen-bond donors (Lipinski definition) is 1. The van der Waals surface area contributed by atoms with E-state index >= 15 is 0 Å². The summed E-state index contributed by atoms with van der Waals surface area (Å²) in [5.74, 6) is 1.17. The lowest BCUT2D eigenvalue weighted by Crippen LogP contribution is -2.39. The molecule has 1 saturated heterocycles. The molecule has 2 aliphatic rings. The first-order valence-electron chi connectivity index (χ1n) is 8.50. The molecule has 1 aromatic carbocycles. The molecule has 0 amide bonds. The van der Waals surface area contributed by atoms with Gasteiger partial charge in [0.05, 0.1) is 12.1 Å². The van der Waals surface area contributed by atoms with Crippen molar-refractivity contribution >= 4 is 16.9 Å². The smallest absolute Gasteiger partial charge is 0.157 e. The minimum Gasteiger partial charge on any atom is -0.354 e. The fourth-order valence-corrected chi connectivity index (χ4v) is 4.20. The van der Waals surface area contributed by atoms with Gasteiger partial charge in [-0.25, -0.2) is 0 Å². The molecule has 1 aromatic rings. The van der Waals surface area contributed by atoms with Crippen molar-refractivity contribution in [3.05, 3.63) is 35.9 Å². The molecule has 0 bridgehead atoms. The Morgan fingerprint density at radius 3 is 2.73 bits per heavy atom. The van der Waals surface area contributed by atoms with Crippen molar-refractivity contribution in [1.82, 2.24) is 10.2 Å². The van der Waals surface area contributed by atoms with E-state index in [2.05, 4.69) is 47.5 Å². The Labute approximate surface area is 138 Å². The van der Waals surface area contributed by atoms with E-state index in [1.807, 2.05) is 11.8 Å². The number of benzene rings is 1. The average molecular weight is 318 g/mol. The lowest BCUT2D eigenvalue weighted by molar-refractivity contribution is 0.333. The van der Waals surface area contributed by atoms with Gasteiger partial charge in [-0.05, 0) is 57.8 Å². The molecule has 1 N–H and O–H groups in total. The first-order valence-corrected chi connectivity index (χ1v) is 9.48. The molecule has 1 fully saturated rings. The van der Waals surface area contributed by atoms with Gasteiger partial charge in [-0.1, -0.05) is 42.1 Å². The third kappa shape index (κ3) is 4.05. The molecule has 0 saturated carbocycles. The summed E-state index contributed by atoms with van der Waals surface area (Å²) >= 11 is 1.88. The predicted molar refractivity (Wildman–Crippen MR) is 96.6 cm³/mol. The standard InChI is InChI=1S/C18H27N3S/c1-18(16-9-3-2-4-10-16)15-19-17(20-18)22-14-8-7-13-21-11-5-6-12-21/h2-4,9-10H,5-8,11-15H2,1H3,(H,19,20). The molecule has 0 aromatic heterocycles. The SMILES string of the molecule is CC1(c2ccccc2)CN=C(SCCCCN2CCCC2)N1. The lowest BCUT2D eigenvalue weighted by atomic mass is 9.93. The number of likely N-dealkylation sites (tertiary alicyclic amines) is 1. The van der Waals surface area contributed by atoms with E-state index < -0.39 is 0 Å². The summed E-state index contributed by atoms with van der Waals surface area (Å²) in [6.45, 7) is 7.00. The summed E-state index contributed by atoms with van der Waals surface area (Å²) in [6, 6.07) is 10.6. The molecular formula is C18H27N3S. The summed E-state index contributed by atoms with van der Waals surface area (Å²) in [6.07, 6.45) is 5.39. The van der Waals surface area contributed by atoms with Crippen molar-refractivity contribution in [3.8, 4) is 0 Å². The largest absolute Gasteiger partial charge is 0.354 e. The van der Waals surface area contributed by atoms with Crippen molar-refractivity contribution in [2.45, 2.75) is 38.1 Å². The molecule has 3 nitrogen and oxygen atoms in total. The molecule has 0 spiro atoms. The molecule has 0 radical (unpaired) electrons. The van der Waals surface area contributed by atoms with Crippen LogP contribution in [0.3, 0.4) is 0 Å². The third-order valence-electron chi connectivity index (χ3n) is 4.64. The van der Waals surface area contributed by atoms with Crippen LogP contribution in [0.1, 0.15) is 38.2 Å². The van der Waals surface area contributed by atoms with Gasteiger partial charge >= 0.3 is 0 Å². The Morgan fingerprint density at radius 2 is 1.95 bits per heavy atom. The molecule has 22 heavy (non-hydrogen) atoms. The van der Waals surface area contributed by atoms with E-state index in [-0.39, 0.29) is 5.54 Å². The minimum absolute atomic E-state index is 0.0286. The highest BCUT2D eigenvalue weighted by Gasteiger charge is 2.31. The summed E-state index contributed by atoms with van der Waals surface area (Å²) in [5.41, 5.74) is 1.29. The van der Waals surface area contributed by atoms with Crippen molar-refractivity contribution in [3.63, 3.8) is 0 Å². The minimum atomic E-state index is -0.0286. The molecule has 2 aliphatic heterocycles. The van der Waals surface area contributed by atoms with Crippen LogP contribution in [0.15, 0.2) is 35.3 Å². The highest BCUT2D eigenvalue weighted by Crippen LogP contribution is 2.27. The normalized spacial score (nSPS) is 25.2. The number of nitrogens with one attached hydrogen (secondary N) is 1. The molecule has 1 atom stereocenters. The van der Waals surface area contributed by atoms with Gasteiger partial charge in [-0.15, -0.1) is 0 Å². The van der Waals surface area contributed by atoms with Crippen molar-refractivity contribution < 1.29 is 0 Å². The van der Waals surface area contributed by atoms with Crippen LogP contribution < -0.4 is 5.32 Å². The van der Waals surface area contributed by atoms with Crippen LogP contribution in [0.2, 0.25) is 0 Å². The second-order valence-corrected chi connectivity index (χ2v) is 7.63. The summed E-state index contributed by atoms with van der Waals surface area (Å²) in [5, 5.41) is 4.74. The van der Waals surface area contributed by atoms with Gasteiger partial charge in [0.15, 0.2) is 5.17 Å². The van der Waals surface area contributed by atoms with Crippen molar-refractivity contribution in [2.75, 3.05) is 31.9 Å². The van der Waals surface area contributed by atoms with Crippen LogP contribution in [0, 0.1) is 0 Å². The van der Waals surface area contributed by atoms with E-state index in [1.54, 1.807) is 0 Å². The van der Waals surface area contributed by atoms with Gasteiger partial charge in [0, 0.05) is 5.75 Å². The van der Waals surface area contributed by atoms with E-state index in [0.29, 0.717) is 0 Å². The number of aliphatic imine (C=N–C) groups is 1. The monoisotopic (exact) mass is 317 g/mol. The van der Waals surface area contributed by atoms with Crippen LogP contribution in [-0.4, -0.2) is 42.0 Å². The summed E-state index contributed by atoms with van der Waals surface area (Å²) < 4.78 is 0. The zero-order valence-corrected chi connectivity index (χ0v) is 14.4. The van der Waals surface area contributed by atoms with E-state index in [9.17, 15) is 0 Å². The summed E-state index contributed by atoms with van der Waals surface area (Å²) in [4.78, 5) is 7.30. The molecule has 4 heteroatoms. The highest BCUT2D eigenvalue weighted by atomic mass is 32.2. The second-order valence-electron chi connectivity index (χ2n) is 6.55. The van der Waals surface area contributed by atoms with Gasteiger partial charge in [0.1, 0.15) is 0 Å². The molecular weight excluding hydrogens is 290 g/mol. The van der Waals surface area contributed by atoms with Crippen LogP contribution in [0.25, 0.3) is 0 Å². The molecule has 2 heterocycles. The average Bonchev–Trinajstić information content (AvgIpc) is 3.19. The first-order chi connectivity index (χ1) is 10.8. The highest BCUT2D eigenvalue weighted by molar-refractivity contribution is 8.13. The number of rotatable bonds is 6. The Bertz CT molecular complexity index is 496. The first kappa shape index (κ1) is 15.9. The fourth-order valence-electron chi connectivity index (χ4n) is 3.21. The fraction of sp³-hybridized carbons (Fsp3) is 0.611. The Morgan fingerprint density at radius 1 is 1.18 bits per heavy atom. The zero-order chi connectivity index (χ0) is 15.3. The number of unbranched alkanes of at least 4 members (excludes halogenated alkanes) is 1. The summed E-state index contributed by atoms with van der Waals surface area (Å²) in [7, 11) is 0. The Balaban J connectivity index is 1.36. The van der Waals surface area contributed by atoms with E-state index in [0.717, 1.165) is 11.7 Å². The van der Waals surface area contributed by atoms with Gasteiger partial charge in [-0.2, -0.15) is 0 Å². The van der Waals surface area contributed by atoms with Crippen LogP contribution >= 0.6 is 11.8 Å². The third-order valence-corrected chi connectivity index (χ3v) is 5.64. The molecule has 3 rings (SSSR count). The van der Waals surface area contributed by atoms with Crippen LogP contribution in [0.4, 0.5) is 0 Å². The molecule has 120 valence electrons. The van der Waals surface area contributed by atoms with Gasteiger partial charge < -0.3 is 10.2 Å². The topological polar surface area (TPSA) is 27.6 Å². The van der Waals surface area contributed by atoms with Crippen molar-refractivity contribution in [2.24, 2.45) is 4.99 Å². The lowest BCUT2D eigenvalue weighted by Gasteiger charge is -2.25. The van der Waals surface area contributed by atoms with E-state index in [4.69, 9.17) is 4.99 Å². The van der Waals surface area contributed by atoms with Gasteiger partial charge in [0.2, 0.25) is 0 Å². The molecule has 0 aliphatic carbocycles. The number of nitrogens with zero attached hydrogens (tertiary/aromatic N) is 2. The Kier molecular flexibility index (Phi) is 5.42. The van der Waals surface area contributed by atoms with Gasteiger partial charge in [-0.3, -0.25) is 4.99 Å². The van der Waals surface area contributed by atoms with Crippen molar-refractivity contribution in [1.29, 1.82) is 0 Å². The van der Waals surface area contributed by atoms with E-state index in [1.165, 1.54) is 56.6 Å². The second kappa shape index (κ2) is 7.51. The number of hydrogen-bond acceptors (Lipinski definition) is 4. The van der Waals surface area contributed by atoms with Crippen LogP contribution in [-0.2, 0) is 5.54 Å². The zero-order valence-electron chi connectivity index (χ0n) is 13.6. The maximum Gasteiger partial charge on any atom is 0.157 e. The van der Waals surface area contributed by atoms with Crippen LogP contribution in [0.5, 0.6) is 0 Å². The maximum absolute atomic E-state index is 4.70. The quantitative estimate of drug-likeness (QED) is 0.814. The number of amidine groups is 1. The van der Waals surface area contributed by atoms with Gasteiger partial charge in [0.25, 0.3) is 0 Å². The maximum atomic E-state index is 4.70. The predicted octanol–water partition coefficient (Wildman–Crippen LogP) is 3.47. The molecule has 1 unspecified atom stereocenters. The number of thioether (sulfide) groups is 1.